The summed E-state index contributed by atoms with van der Waals surface area (Å²) in [5.74, 6) is 0. The molecular formula is C12H17Br2NO3S. The highest BCUT2D eigenvalue weighted by molar-refractivity contribution is 9.11. The van der Waals surface area contributed by atoms with Crippen molar-refractivity contribution in [2.24, 2.45) is 0 Å². The fraction of sp³-hybridized carbons (Fsp3) is 0.500. The Balaban J connectivity index is 3.22. The lowest BCUT2D eigenvalue weighted by molar-refractivity contribution is 0.171. The van der Waals surface area contributed by atoms with Gasteiger partial charge in [0.15, 0.2) is 0 Å². The molecule has 1 rings (SSSR count). The number of hydrogen-bond donors (Lipinski definition) is 0. The minimum Gasteiger partial charge on any atom is -0.383 e. The average Bonchev–Trinajstić information content (AvgIpc) is 2.32. The van der Waals surface area contributed by atoms with Gasteiger partial charge in [-0.1, -0.05) is 15.9 Å². The predicted molar refractivity (Wildman–Crippen MR) is 82.7 cm³/mol. The second-order valence-electron chi connectivity index (χ2n) is 4.28. The summed E-state index contributed by atoms with van der Waals surface area (Å²) in [6.07, 6.45) is 0. The van der Waals surface area contributed by atoms with Gasteiger partial charge in [-0.3, -0.25) is 0 Å². The molecule has 19 heavy (non-hydrogen) atoms. The van der Waals surface area contributed by atoms with Gasteiger partial charge in [-0.05, 0) is 48.0 Å². The number of halogens is 2. The van der Waals surface area contributed by atoms with E-state index in [9.17, 15) is 8.42 Å². The van der Waals surface area contributed by atoms with Crippen LogP contribution < -0.4 is 0 Å². The highest BCUT2D eigenvalue weighted by Gasteiger charge is 2.28. The molecule has 0 fully saturated rings. The van der Waals surface area contributed by atoms with E-state index in [4.69, 9.17) is 4.74 Å². The van der Waals surface area contributed by atoms with E-state index in [0.29, 0.717) is 17.6 Å². The van der Waals surface area contributed by atoms with Gasteiger partial charge in [-0.2, -0.15) is 4.31 Å². The molecule has 7 heteroatoms. The van der Waals surface area contributed by atoms with Crippen LogP contribution in [0.3, 0.4) is 0 Å². The van der Waals surface area contributed by atoms with E-state index < -0.39 is 10.0 Å². The van der Waals surface area contributed by atoms with Crippen molar-refractivity contribution in [1.29, 1.82) is 0 Å². The molecule has 0 aliphatic rings. The fourth-order valence-electron chi connectivity index (χ4n) is 1.64. The summed E-state index contributed by atoms with van der Waals surface area (Å²) < 4.78 is 33.0. The lowest BCUT2D eigenvalue weighted by Gasteiger charge is -2.26. The predicted octanol–water partition coefficient (Wildman–Crippen LogP) is 3.26. The average molecular weight is 415 g/mol. The Morgan fingerprint density at radius 3 is 2.47 bits per heavy atom. The Kier molecular flexibility index (Phi) is 6.46. The summed E-state index contributed by atoms with van der Waals surface area (Å²) in [5.41, 5.74) is 0. The Morgan fingerprint density at radius 1 is 1.32 bits per heavy atom. The summed E-state index contributed by atoms with van der Waals surface area (Å²) in [5, 5.41) is 0. The van der Waals surface area contributed by atoms with Crippen LogP contribution in [0.15, 0.2) is 32.0 Å². The van der Waals surface area contributed by atoms with E-state index in [1.807, 2.05) is 13.8 Å². The first-order valence-corrected chi connectivity index (χ1v) is 8.79. The van der Waals surface area contributed by atoms with Gasteiger partial charge in [0.25, 0.3) is 0 Å². The maximum atomic E-state index is 12.7. The van der Waals surface area contributed by atoms with Crippen LogP contribution in [-0.4, -0.2) is 39.0 Å². The van der Waals surface area contributed by atoms with Crippen LogP contribution in [0.25, 0.3) is 0 Å². The Morgan fingerprint density at radius 2 is 1.95 bits per heavy atom. The number of benzene rings is 1. The van der Waals surface area contributed by atoms with Crippen molar-refractivity contribution in [2.45, 2.75) is 24.8 Å². The molecular weight excluding hydrogens is 398 g/mol. The summed E-state index contributed by atoms with van der Waals surface area (Å²) in [6.45, 7) is 4.39. The summed E-state index contributed by atoms with van der Waals surface area (Å²) in [6, 6.07) is 4.97. The van der Waals surface area contributed by atoms with Gasteiger partial charge < -0.3 is 4.74 Å². The smallest absolute Gasteiger partial charge is 0.244 e. The van der Waals surface area contributed by atoms with Gasteiger partial charge in [0.05, 0.1) is 11.5 Å². The second-order valence-corrected chi connectivity index (χ2v) is 7.91. The molecule has 108 valence electrons. The van der Waals surface area contributed by atoms with E-state index in [0.717, 1.165) is 4.47 Å². The Bertz CT molecular complexity index is 532. The molecule has 0 aliphatic heterocycles. The van der Waals surface area contributed by atoms with E-state index in [-0.39, 0.29) is 10.9 Å². The van der Waals surface area contributed by atoms with Crippen LogP contribution in [0.4, 0.5) is 0 Å². The number of nitrogens with zero attached hydrogens (tertiary/aromatic N) is 1. The van der Waals surface area contributed by atoms with Gasteiger partial charge in [0, 0.05) is 28.6 Å². The molecule has 0 bridgehead atoms. The van der Waals surface area contributed by atoms with Crippen molar-refractivity contribution in [1.82, 2.24) is 4.31 Å². The van der Waals surface area contributed by atoms with E-state index >= 15 is 0 Å². The highest BCUT2D eigenvalue weighted by Crippen LogP contribution is 2.29. The van der Waals surface area contributed by atoms with Gasteiger partial charge in [0.1, 0.15) is 0 Å². The number of rotatable bonds is 6. The maximum absolute atomic E-state index is 12.7. The van der Waals surface area contributed by atoms with Gasteiger partial charge in [-0.15, -0.1) is 0 Å². The van der Waals surface area contributed by atoms with E-state index in [1.165, 1.54) is 4.31 Å². The van der Waals surface area contributed by atoms with Crippen LogP contribution in [0, 0.1) is 0 Å². The summed E-state index contributed by atoms with van der Waals surface area (Å²) in [7, 11) is -1.99. The van der Waals surface area contributed by atoms with Crippen molar-refractivity contribution in [3.63, 3.8) is 0 Å². The molecule has 0 aliphatic carbocycles. The lowest BCUT2D eigenvalue weighted by atomic mass is 10.4. The zero-order valence-corrected chi connectivity index (χ0v) is 15.0. The number of hydrogen-bond acceptors (Lipinski definition) is 3. The molecule has 4 nitrogen and oxygen atoms in total. The zero-order valence-electron chi connectivity index (χ0n) is 11.1. The van der Waals surface area contributed by atoms with Gasteiger partial charge in [-0.25, -0.2) is 8.42 Å². The lowest BCUT2D eigenvalue weighted by Crippen LogP contribution is -2.39. The molecule has 1 aromatic carbocycles. The van der Waals surface area contributed by atoms with Crippen molar-refractivity contribution in [3.05, 3.63) is 27.1 Å². The summed E-state index contributed by atoms with van der Waals surface area (Å²) >= 11 is 6.59. The molecule has 0 unspecified atom stereocenters. The minimum absolute atomic E-state index is 0.133. The third kappa shape index (κ3) is 4.26. The van der Waals surface area contributed by atoms with Crippen LogP contribution in [0.5, 0.6) is 0 Å². The normalized spacial score (nSPS) is 12.4. The van der Waals surface area contributed by atoms with Crippen LogP contribution in [0.1, 0.15) is 13.8 Å². The SMILES string of the molecule is COCCN(C(C)C)S(=O)(=O)c1cc(Br)ccc1Br. The number of ether oxygens (including phenoxy) is 1. The van der Waals surface area contributed by atoms with E-state index in [2.05, 4.69) is 31.9 Å². The van der Waals surface area contributed by atoms with Crippen LogP contribution >= 0.6 is 31.9 Å². The van der Waals surface area contributed by atoms with Crippen molar-refractivity contribution < 1.29 is 13.2 Å². The molecule has 0 saturated heterocycles. The molecule has 0 saturated carbocycles. The van der Waals surface area contributed by atoms with E-state index in [1.54, 1.807) is 25.3 Å². The van der Waals surface area contributed by atoms with Crippen molar-refractivity contribution >= 4 is 41.9 Å². The minimum atomic E-state index is -3.55. The Labute approximate surface area is 131 Å². The van der Waals surface area contributed by atoms with Gasteiger partial charge >= 0.3 is 0 Å². The molecule has 1 aromatic rings. The third-order valence-corrected chi connectivity index (χ3v) is 6.13. The zero-order chi connectivity index (χ0) is 14.6. The second kappa shape index (κ2) is 7.17. The highest BCUT2D eigenvalue weighted by atomic mass is 79.9. The molecule has 0 heterocycles. The largest absolute Gasteiger partial charge is 0.383 e. The van der Waals surface area contributed by atoms with Crippen molar-refractivity contribution in [3.8, 4) is 0 Å². The van der Waals surface area contributed by atoms with Crippen molar-refractivity contribution in [2.75, 3.05) is 20.3 Å². The molecule has 0 radical (unpaired) electrons. The van der Waals surface area contributed by atoms with Gasteiger partial charge in [0.2, 0.25) is 10.0 Å². The molecule has 0 amide bonds. The summed E-state index contributed by atoms with van der Waals surface area (Å²) in [4.78, 5) is 0.256. The standard InChI is InChI=1S/C12H17Br2NO3S/c1-9(2)15(6-7-18-3)19(16,17)12-8-10(13)4-5-11(12)14/h4-5,8-9H,6-7H2,1-3H3. The first-order chi connectivity index (χ1) is 8.80. The maximum Gasteiger partial charge on any atom is 0.244 e. The molecule has 0 spiro atoms. The molecule has 0 aromatic heterocycles. The molecule has 0 atom stereocenters. The van der Waals surface area contributed by atoms with Crippen LogP contribution in [-0.2, 0) is 14.8 Å². The quantitative estimate of drug-likeness (QED) is 0.717. The number of methoxy groups -OCH3 is 1. The topological polar surface area (TPSA) is 46.6 Å². The van der Waals surface area contributed by atoms with Crippen LogP contribution in [0.2, 0.25) is 0 Å². The molecule has 0 N–H and O–H groups in total. The number of sulfonamides is 1. The Hall–Kier alpha value is 0.0500. The first-order valence-electron chi connectivity index (χ1n) is 5.76. The third-order valence-electron chi connectivity index (χ3n) is 2.57. The first kappa shape index (κ1) is 17.1. The fourth-order valence-corrected chi connectivity index (χ4v) is 4.72. The monoisotopic (exact) mass is 413 g/mol.